The quantitative estimate of drug-likeness (QED) is 0.750. The van der Waals surface area contributed by atoms with Crippen molar-refractivity contribution in [1.29, 1.82) is 0 Å². The molecule has 5 nitrogen and oxygen atoms in total. The van der Waals surface area contributed by atoms with Gasteiger partial charge in [-0.05, 0) is 42.0 Å². The van der Waals surface area contributed by atoms with Crippen LogP contribution in [0.25, 0.3) is 0 Å². The van der Waals surface area contributed by atoms with Crippen LogP contribution in [-0.4, -0.2) is 16.1 Å². The van der Waals surface area contributed by atoms with Crippen LogP contribution >= 0.6 is 11.3 Å². The zero-order chi connectivity index (χ0) is 16.9. The summed E-state index contributed by atoms with van der Waals surface area (Å²) in [4.78, 5) is 24.7. The van der Waals surface area contributed by atoms with Gasteiger partial charge in [-0.3, -0.25) is 9.59 Å². The first-order chi connectivity index (χ1) is 11.6. The Morgan fingerprint density at radius 2 is 2.00 bits per heavy atom. The lowest BCUT2D eigenvalue weighted by molar-refractivity contribution is 0.0931. The Morgan fingerprint density at radius 3 is 2.62 bits per heavy atom. The van der Waals surface area contributed by atoms with Crippen LogP contribution in [0.2, 0.25) is 0 Å². The number of aromatic amines is 1. The van der Waals surface area contributed by atoms with Crippen LogP contribution in [0.3, 0.4) is 0 Å². The zero-order valence-corrected chi connectivity index (χ0v) is 14.0. The third-order valence-electron chi connectivity index (χ3n) is 3.72. The summed E-state index contributed by atoms with van der Waals surface area (Å²) in [7, 11) is 0. The van der Waals surface area contributed by atoms with Crippen molar-refractivity contribution in [3.8, 4) is 0 Å². The number of H-pyrrole nitrogens is 1. The first kappa shape index (κ1) is 16.1. The van der Waals surface area contributed by atoms with Crippen LogP contribution in [0.15, 0.2) is 58.7 Å². The summed E-state index contributed by atoms with van der Waals surface area (Å²) in [5, 5.41) is 11.1. The maximum atomic E-state index is 12.5. The Kier molecular flexibility index (Phi) is 4.86. The third kappa shape index (κ3) is 3.78. The molecule has 3 rings (SSSR count). The van der Waals surface area contributed by atoms with Gasteiger partial charge < -0.3 is 5.32 Å². The van der Waals surface area contributed by atoms with Crippen LogP contribution in [0.1, 0.15) is 32.5 Å². The Bertz CT molecular complexity index is 866. The van der Waals surface area contributed by atoms with Crippen LogP contribution < -0.4 is 10.9 Å². The molecule has 24 heavy (non-hydrogen) atoms. The fourth-order valence-corrected chi connectivity index (χ4v) is 3.48. The molecule has 0 aliphatic carbocycles. The molecule has 0 saturated carbocycles. The highest BCUT2D eigenvalue weighted by molar-refractivity contribution is 7.10. The van der Waals surface area contributed by atoms with Gasteiger partial charge in [-0.1, -0.05) is 30.3 Å². The molecule has 0 radical (unpaired) electrons. The summed E-state index contributed by atoms with van der Waals surface area (Å²) in [5.41, 5.74) is 2.16. The number of rotatable bonds is 5. The van der Waals surface area contributed by atoms with Gasteiger partial charge in [-0.15, -0.1) is 11.3 Å². The maximum Gasteiger partial charge on any atom is 0.272 e. The summed E-state index contributed by atoms with van der Waals surface area (Å²) in [6.07, 6.45) is 0.692. The van der Waals surface area contributed by atoms with Gasteiger partial charge in [0.2, 0.25) is 0 Å². The normalized spacial score (nSPS) is 11.9. The predicted molar refractivity (Wildman–Crippen MR) is 94.3 cm³/mol. The Morgan fingerprint density at radius 1 is 1.21 bits per heavy atom. The number of hydrogen-bond acceptors (Lipinski definition) is 4. The summed E-state index contributed by atoms with van der Waals surface area (Å²) in [6.45, 7) is 2.04. The second-order valence-corrected chi connectivity index (χ2v) is 6.44. The Labute approximate surface area is 143 Å². The van der Waals surface area contributed by atoms with Crippen molar-refractivity contribution in [3.63, 3.8) is 0 Å². The summed E-state index contributed by atoms with van der Waals surface area (Å²) >= 11 is 1.62. The maximum absolute atomic E-state index is 12.5. The zero-order valence-electron chi connectivity index (χ0n) is 13.2. The van der Waals surface area contributed by atoms with Crippen LogP contribution in [0.5, 0.6) is 0 Å². The number of carbonyl (C=O) groups excluding carboxylic acids is 1. The number of nitrogens with zero attached hydrogens (tertiary/aromatic N) is 1. The minimum atomic E-state index is -0.332. The highest BCUT2D eigenvalue weighted by atomic mass is 32.1. The lowest BCUT2D eigenvalue weighted by Crippen LogP contribution is -2.31. The first-order valence-electron chi connectivity index (χ1n) is 7.58. The highest BCUT2D eigenvalue weighted by Gasteiger charge is 2.20. The molecule has 1 amide bonds. The van der Waals surface area contributed by atoms with E-state index >= 15 is 0 Å². The van der Waals surface area contributed by atoms with Gasteiger partial charge in [0, 0.05) is 10.9 Å². The second kappa shape index (κ2) is 7.23. The highest BCUT2D eigenvalue weighted by Crippen LogP contribution is 2.27. The van der Waals surface area contributed by atoms with Crippen LogP contribution in [0.4, 0.5) is 0 Å². The number of aromatic nitrogens is 2. The van der Waals surface area contributed by atoms with Crippen molar-refractivity contribution >= 4 is 17.2 Å². The average molecular weight is 339 g/mol. The molecular weight excluding hydrogens is 322 g/mol. The summed E-state index contributed by atoms with van der Waals surface area (Å²) < 4.78 is 0. The van der Waals surface area contributed by atoms with Gasteiger partial charge in [0.05, 0.1) is 6.04 Å². The molecule has 0 spiro atoms. The molecule has 2 heterocycles. The van der Waals surface area contributed by atoms with E-state index in [4.69, 9.17) is 0 Å². The molecule has 1 atom stereocenters. The summed E-state index contributed by atoms with van der Waals surface area (Å²) in [6, 6.07) is 14.6. The monoisotopic (exact) mass is 339 g/mol. The topological polar surface area (TPSA) is 74.8 Å². The Balaban J connectivity index is 1.84. The second-order valence-electron chi connectivity index (χ2n) is 5.49. The summed E-state index contributed by atoms with van der Waals surface area (Å²) in [5.74, 6) is -0.306. The number of amides is 1. The van der Waals surface area contributed by atoms with E-state index in [9.17, 15) is 9.59 Å². The molecule has 122 valence electrons. The molecule has 0 aliphatic heterocycles. The van der Waals surface area contributed by atoms with Crippen molar-refractivity contribution in [2.75, 3.05) is 0 Å². The van der Waals surface area contributed by atoms with Gasteiger partial charge in [0.25, 0.3) is 11.5 Å². The van der Waals surface area contributed by atoms with Gasteiger partial charge in [-0.25, -0.2) is 5.10 Å². The molecule has 0 fully saturated rings. The molecule has 0 saturated heterocycles. The number of carbonyl (C=O) groups is 1. The fraction of sp³-hybridized carbons (Fsp3) is 0.167. The predicted octanol–water partition coefficient (Wildman–Crippen LogP) is 2.85. The van der Waals surface area contributed by atoms with Crippen LogP contribution in [-0.2, 0) is 6.42 Å². The third-order valence-corrected chi connectivity index (χ3v) is 4.85. The molecule has 3 aromatic rings. The lowest BCUT2D eigenvalue weighted by Gasteiger charge is -2.18. The molecule has 0 unspecified atom stereocenters. The molecule has 0 bridgehead atoms. The van der Waals surface area contributed by atoms with E-state index in [1.807, 2.05) is 48.7 Å². The number of nitrogens with one attached hydrogen (secondary N) is 2. The van der Waals surface area contributed by atoms with Gasteiger partial charge in [0.15, 0.2) is 0 Å². The van der Waals surface area contributed by atoms with E-state index in [2.05, 4.69) is 15.5 Å². The SMILES string of the molecule is Cc1ccsc1[C@H](Cc1ccccc1)NC(=O)c1ccc(=O)[nH]n1. The lowest BCUT2D eigenvalue weighted by atomic mass is 10.0. The fourth-order valence-electron chi connectivity index (χ4n) is 2.50. The van der Waals surface area contributed by atoms with Crippen molar-refractivity contribution in [3.05, 3.63) is 86.0 Å². The molecule has 6 heteroatoms. The number of benzene rings is 1. The van der Waals surface area contributed by atoms with Crippen molar-refractivity contribution < 1.29 is 4.79 Å². The number of aryl methyl sites for hydroxylation is 1. The van der Waals surface area contributed by atoms with E-state index in [1.54, 1.807) is 11.3 Å². The number of hydrogen-bond donors (Lipinski definition) is 2. The minimum Gasteiger partial charge on any atom is -0.343 e. The molecule has 0 aliphatic rings. The van der Waals surface area contributed by atoms with Crippen molar-refractivity contribution in [2.45, 2.75) is 19.4 Å². The molecule has 2 aromatic heterocycles. The average Bonchev–Trinajstić information content (AvgIpc) is 3.02. The van der Waals surface area contributed by atoms with Crippen LogP contribution in [0, 0.1) is 6.92 Å². The van der Waals surface area contributed by atoms with E-state index in [0.717, 1.165) is 16.0 Å². The first-order valence-corrected chi connectivity index (χ1v) is 8.46. The number of thiophene rings is 1. The smallest absolute Gasteiger partial charge is 0.272 e. The van der Waals surface area contributed by atoms with E-state index in [0.29, 0.717) is 6.42 Å². The molecule has 1 aromatic carbocycles. The van der Waals surface area contributed by atoms with Gasteiger partial charge in [-0.2, -0.15) is 5.10 Å². The molecular formula is C18H17N3O2S. The standard InChI is InChI=1S/C18H17N3O2S/c1-12-9-10-24-17(12)15(11-13-5-3-2-4-6-13)19-18(23)14-7-8-16(22)21-20-14/h2-10,15H,11H2,1H3,(H,19,23)(H,21,22)/t15-/m0/s1. The van der Waals surface area contributed by atoms with Gasteiger partial charge in [0.1, 0.15) is 5.69 Å². The minimum absolute atomic E-state index is 0.145. The molecule has 2 N–H and O–H groups in total. The van der Waals surface area contributed by atoms with E-state index in [-0.39, 0.29) is 23.2 Å². The van der Waals surface area contributed by atoms with E-state index < -0.39 is 0 Å². The van der Waals surface area contributed by atoms with Crippen molar-refractivity contribution in [1.82, 2.24) is 15.5 Å². The Hall–Kier alpha value is -2.73. The van der Waals surface area contributed by atoms with Gasteiger partial charge >= 0.3 is 0 Å². The van der Waals surface area contributed by atoms with Crippen molar-refractivity contribution in [2.24, 2.45) is 0 Å². The van der Waals surface area contributed by atoms with E-state index in [1.165, 1.54) is 12.1 Å². The largest absolute Gasteiger partial charge is 0.343 e.